The molecule has 0 aliphatic carbocycles. The molecule has 3 heterocycles. The van der Waals surface area contributed by atoms with Crippen LogP contribution in [0.2, 0.25) is 0 Å². The van der Waals surface area contributed by atoms with Gasteiger partial charge in [0.1, 0.15) is 11.1 Å². The van der Waals surface area contributed by atoms with Gasteiger partial charge in [0, 0.05) is 30.6 Å². The highest BCUT2D eigenvalue weighted by Crippen LogP contribution is 2.25. The van der Waals surface area contributed by atoms with E-state index in [4.69, 9.17) is 9.26 Å². The van der Waals surface area contributed by atoms with Crippen molar-refractivity contribution in [3.8, 4) is 0 Å². The molecular formula is C14H19N5O3S. The highest BCUT2D eigenvalue weighted by molar-refractivity contribution is 7.09. The Morgan fingerprint density at radius 1 is 1.48 bits per heavy atom. The first-order chi connectivity index (χ1) is 11.1. The summed E-state index contributed by atoms with van der Waals surface area (Å²) >= 11 is 1.57. The number of aromatic nitrogens is 3. The molecule has 1 N–H and O–H groups in total. The molecule has 1 atom stereocenters. The molecule has 1 fully saturated rings. The average molecular weight is 337 g/mol. The minimum Gasteiger partial charge on any atom is -0.367 e. The summed E-state index contributed by atoms with van der Waals surface area (Å²) in [5.41, 5.74) is 0.977. The van der Waals surface area contributed by atoms with Crippen LogP contribution in [0, 0.1) is 13.8 Å². The van der Waals surface area contributed by atoms with Gasteiger partial charge in [0.25, 0.3) is 0 Å². The second kappa shape index (κ2) is 7.05. The lowest BCUT2D eigenvalue weighted by molar-refractivity contribution is -0.0155. The van der Waals surface area contributed by atoms with E-state index in [2.05, 4.69) is 20.4 Å². The number of amides is 2. The van der Waals surface area contributed by atoms with Crippen molar-refractivity contribution in [2.45, 2.75) is 26.4 Å². The number of hydrogen-bond donors (Lipinski definition) is 1. The minimum absolute atomic E-state index is 0.109. The Morgan fingerprint density at radius 2 is 2.35 bits per heavy atom. The van der Waals surface area contributed by atoms with Gasteiger partial charge in [0.15, 0.2) is 5.82 Å². The third-order valence-corrected chi connectivity index (χ3v) is 4.51. The number of aryl methyl sites for hydroxylation is 2. The molecule has 0 saturated carbocycles. The van der Waals surface area contributed by atoms with Gasteiger partial charge < -0.3 is 19.5 Å². The van der Waals surface area contributed by atoms with E-state index in [1.807, 2.05) is 12.3 Å². The molecule has 0 bridgehead atoms. The minimum atomic E-state index is -0.146. The zero-order chi connectivity index (χ0) is 16.2. The highest BCUT2D eigenvalue weighted by atomic mass is 32.1. The van der Waals surface area contributed by atoms with Crippen molar-refractivity contribution in [2.24, 2.45) is 0 Å². The van der Waals surface area contributed by atoms with Gasteiger partial charge in [-0.05, 0) is 13.8 Å². The van der Waals surface area contributed by atoms with E-state index < -0.39 is 0 Å². The normalized spacial score (nSPS) is 18.2. The third kappa shape index (κ3) is 4.05. The molecule has 3 rings (SSSR count). The maximum atomic E-state index is 12.3. The van der Waals surface area contributed by atoms with Crippen LogP contribution in [-0.2, 0) is 11.2 Å². The number of thiazole rings is 1. The van der Waals surface area contributed by atoms with Crippen LogP contribution < -0.4 is 5.32 Å². The summed E-state index contributed by atoms with van der Waals surface area (Å²) in [6.45, 7) is 5.77. The van der Waals surface area contributed by atoms with Crippen molar-refractivity contribution < 1.29 is 14.1 Å². The molecule has 1 aliphatic rings. The van der Waals surface area contributed by atoms with Crippen LogP contribution in [0.3, 0.4) is 0 Å². The third-order valence-electron chi connectivity index (χ3n) is 3.45. The van der Waals surface area contributed by atoms with E-state index in [0.717, 1.165) is 10.7 Å². The molecule has 1 saturated heterocycles. The number of ether oxygens (including phenoxy) is 1. The summed E-state index contributed by atoms with van der Waals surface area (Å²) < 4.78 is 10.7. The summed E-state index contributed by atoms with van der Waals surface area (Å²) in [5, 5.41) is 9.50. The second-order valence-electron chi connectivity index (χ2n) is 5.35. The first kappa shape index (κ1) is 15.9. The van der Waals surface area contributed by atoms with E-state index in [1.54, 1.807) is 23.2 Å². The zero-order valence-corrected chi connectivity index (χ0v) is 13.9. The fourth-order valence-corrected chi connectivity index (χ4v) is 3.17. The number of hydrogen-bond acceptors (Lipinski definition) is 7. The predicted octanol–water partition coefficient (Wildman–Crippen LogP) is 1.47. The molecule has 2 amide bonds. The molecule has 1 aliphatic heterocycles. The van der Waals surface area contributed by atoms with Crippen molar-refractivity contribution in [2.75, 3.05) is 26.2 Å². The molecule has 124 valence electrons. The Balaban J connectivity index is 1.48. The van der Waals surface area contributed by atoms with Gasteiger partial charge in [-0.3, -0.25) is 0 Å². The predicted molar refractivity (Wildman–Crippen MR) is 83.3 cm³/mol. The van der Waals surface area contributed by atoms with Gasteiger partial charge in [-0.25, -0.2) is 9.78 Å². The van der Waals surface area contributed by atoms with Crippen molar-refractivity contribution in [3.63, 3.8) is 0 Å². The highest BCUT2D eigenvalue weighted by Gasteiger charge is 2.27. The SMILES string of the molecule is Cc1csc(C2CN(C(=O)NCCc3nc(C)no3)CCO2)n1. The molecule has 0 aromatic carbocycles. The summed E-state index contributed by atoms with van der Waals surface area (Å²) in [6.07, 6.45) is 0.373. The van der Waals surface area contributed by atoms with Crippen LogP contribution in [0.15, 0.2) is 9.90 Å². The topological polar surface area (TPSA) is 93.4 Å². The smallest absolute Gasteiger partial charge is 0.317 e. The molecule has 8 nitrogen and oxygen atoms in total. The van der Waals surface area contributed by atoms with Crippen LogP contribution in [0.4, 0.5) is 4.79 Å². The van der Waals surface area contributed by atoms with Crippen LogP contribution in [0.5, 0.6) is 0 Å². The van der Waals surface area contributed by atoms with Crippen LogP contribution in [-0.4, -0.2) is 52.3 Å². The largest absolute Gasteiger partial charge is 0.367 e. The van der Waals surface area contributed by atoms with Gasteiger partial charge in [-0.15, -0.1) is 11.3 Å². The van der Waals surface area contributed by atoms with Gasteiger partial charge in [-0.1, -0.05) is 5.16 Å². The van der Waals surface area contributed by atoms with Crippen LogP contribution in [0.25, 0.3) is 0 Å². The Bertz CT molecular complexity index is 671. The van der Waals surface area contributed by atoms with E-state index in [9.17, 15) is 4.79 Å². The zero-order valence-electron chi connectivity index (χ0n) is 13.1. The van der Waals surface area contributed by atoms with Gasteiger partial charge in [-0.2, -0.15) is 4.98 Å². The van der Waals surface area contributed by atoms with Gasteiger partial charge in [0.2, 0.25) is 5.89 Å². The van der Waals surface area contributed by atoms with E-state index >= 15 is 0 Å². The summed E-state index contributed by atoms with van der Waals surface area (Å²) in [4.78, 5) is 22.5. The maximum Gasteiger partial charge on any atom is 0.317 e. The number of carbonyl (C=O) groups excluding carboxylic acids is 1. The Morgan fingerprint density at radius 3 is 3.04 bits per heavy atom. The fourth-order valence-electron chi connectivity index (χ4n) is 2.33. The number of morpholine rings is 1. The number of urea groups is 1. The molecule has 0 spiro atoms. The second-order valence-corrected chi connectivity index (χ2v) is 6.24. The summed E-state index contributed by atoms with van der Waals surface area (Å²) in [5.74, 6) is 1.13. The Kier molecular flexibility index (Phi) is 4.87. The monoisotopic (exact) mass is 337 g/mol. The standard InChI is InChI=1S/C14H19N5O3S/c1-9-8-23-13(16-9)11-7-19(5-6-21-11)14(20)15-4-3-12-17-10(2)18-22-12/h8,11H,3-7H2,1-2H3,(H,15,20). The molecule has 1 unspecified atom stereocenters. The lowest BCUT2D eigenvalue weighted by Gasteiger charge is -2.32. The molecule has 0 radical (unpaired) electrons. The van der Waals surface area contributed by atoms with E-state index in [0.29, 0.717) is 44.4 Å². The van der Waals surface area contributed by atoms with Crippen LogP contribution >= 0.6 is 11.3 Å². The molecule has 2 aromatic rings. The lowest BCUT2D eigenvalue weighted by Crippen LogP contribution is -2.47. The lowest BCUT2D eigenvalue weighted by atomic mass is 10.3. The number of rotatable bonds is 4. The summed E-state index contributed by atoms with van der Waals surface area (Å²) in [6, 6.07) is -0.109. The maximum absolute atomic E-state index is 12.3. The molecule has 2 aromatic heterocycles. The van der Waals surface area contributed by atoms with Crippen molar-refractivity contribution in [1.29, 1.82) is 0 Å². The summed E-state index contributed by atoms with van der Waals surface area (Å²) in [7, 11) is 0. The van der Waals surface area contributed by atoms with Crippen LogP contribution in [0.1, 0.15) is 28.5 Å². The van der Waals surface area contributed by atoms with E-state index in [-0.39, 0.29) is 12.1 Å². The first-order valence-corrected chi connectivity index (χ1v) is 8.35. The molecular weight excluding hydrogens is 318 g/mol. The quantitative estimate of drug-likeness (QED) is 0.908. The van der Waals surface area contributed by atoms with Crippen molar-refractivity contribution in [1.82, 2.24) is 25.3 Å². The number of nitrogens with one attached hydrogen (secondary N) is 1. The molecule has 23 heavy (non-hydrogen) atoms. The average Bonchev–Trinajstić information content (AvgIpc) is 3.16. The van der Waals surface area contributed by atoms with Crippen molar-refractivity contribution >= 4 is 17.4 Å². The Labute approximate surface area is 137 Å². The van der Waals surface area contributed by atoms with Gasteiger partial charge in [0.05, 0.1) is 13.2 Å². The fraction of sp³-hybridized carbons (Fsp3) is 0.571. The van der Waals surface area contributed by atoms with Crippen molar-refractivity contribution in [3.05, 3.63) is 27.8 Å². The van der Waals surface area contributed by atoms with Gasteiger partial charge >= 0.3 is 6.03 Å². The Hall–Kier alpha value is -2.00. The number of nitrogens with zero attached hydrogens (tertiary/aromatic N) is 4. The first-order valence-electron chi connectivity index (χ1n) is 7.47. The number of carbonyl (C=O) groups is 1. The van der Waals surface area contributed by atoms with E-state index in [1.165, 1.54) is 0 Å². The molecule has 9 heteroatoms.